The van der Waals surface area contributed by atoms with E-state index in [0.29, 0.717) is 12.4 Å². The molecule has 90 valence electrons. The molecule has 0 unspecified atom stereocenters. The van der Waals surface area contributed by atoms with Gasteiger partial charge >= 0.3 is 0 Å². The summed E-state index contributed by atoms with van der Waals surface area (Å²) in [6.07, 6.45) is 2.08. The monoisotopic (exact) mass is 295 g/mol. The van der Waals surface area contributed by atoms with Crippen LogP contribution in [0.1, 0.15) is 12.8 Å². The lowest BCUT2D eigenvalue weighted by Crippen LogP contribution is -2.35. The third kappa shape index (κ3) is 3.56. The van der Waals surface area contributed by atoms with Gasteiger partial charge in [0.05, 0.1) is 0 Å². The first-order chi connectivity index (χ1) is 8.25. The molecule has 1 aliphatic rings. The summed E-state index contributed by atoms with van der Waals surface area (Å²) in [4.78, 5) is 16.1. The highest BCUT2D eigenvalue weighted by atomic mass is 79.9. The second-order valence-electron chi connectivity index (χ2n) is 3.83. The summed E-state index contributed by atoms with van der Waals surface area (Å²) in [7, 11) is 0. The van der Waals surface area contributed by atoms with Crippen LogP contribution in [0.5, 0.6) is 0 Å². The van der Waals surface area contributed by atoms with Crippen molar-refractivity contribution in [1.29, 1.82) is 0 Å². The summed E-state index contributed by atoms with van der Waals surface area (Å²) in [5.74, 6) is 0.257. The van der Waals surface area contributed by atoms with Crippen molar-refractivity contribution < 1.29 is 4.79 Å². The van der Waals surface area contributed by atoms with Crippen LogP contribution in [0.25, 0.3) is 0 Å². The molecule has 1 aromatic carbocycles. The third-order valence-corrected chi connectivity index (χ3v) is 2.94. The Kier molecular flexibility index (Phi) is 4.14. The number of halogens is 1. The fourth-order valence-corrected chi connectivity index (χ4v) is 2.00. The average Bonchev–Trinajstić information content (AvgIpc) is 2.57. The standard InChI is InChI=1S/C12H14BrN3O/c13-9-4-3-5-10(8-9)16-12(17)11-14-6-1-2-7-15-11/h3-5,8H,1-2,6-7H2,(H,14,15)(H,16,17). The maximum Gasteiger partial charge on any atom is 0.290 e. The first-order valence-electron chi connectivity index (χ1n) is 5.61. The van der Waals surface area contributed by atoms with Crippen molar-refractivity contribution in [2.24, 2.45) is 4.99 Å². The molecule has 0 saturated heterocycles. The normalized spacial score (nSPS) is 15.5. The summed E-state index contributed by atoms with van der Waals surface area (Å²) < 4.78 is 0.936. The molecule has 0 atom stereocenters. The SMILES string of the molecule is O=C(Nc1cccc(Br)c1)C1=NCCCCN1. The van der Waals surface area contributed by atoms with Gasteiger partial charge in [-0.1, -0.05) is 22.0 Å². The summed E-state index contributed by atoms with van der Waals surface area (Å²) in [5, 5.41) is 5.86. The molecule has 17 heavy (non-hydrogen) atoms. The number of carbonyl (C=O) groups excluding carboxylic acids is 1. The van der Waals surface area contributed by atoms with E-state index >= 15 is 0 Å². The number of amides is 1. The predicted octanol–water partition coefficient (Wildman–Crippen LogP) is 2.17. The van der Waals surface area contributed by atoms with Crippen LogP contribution in [0, 0.1) is 0 Å². The molecule has 0 aliphatic carbocycles. The van der Waals surface area contributed by atoms with Crippen LogP contribution < -0.4 is 10.6 Å². The van der Waals surface area contributed by atoms with E-state index in [9.17, 15) is 4.79 Å². The van der Waals surface area contributed by atoms with E-state index in [-0.39, 0.29) is 5.91 Å². The lowest BCUT2D eigenvalue weighted by Gasteiger charge is -2.08. The molecule has 1 aromatic rings. The Morgan fingerprint density at radius 1 is 1.41 bits per heavy atom. The average molecular weight is 296 g/mol. The number of anilines is 1. The van der Waals surface area contributed by atoms with E-state index in [4.69, 9.17) is 0 Å². The summed E-state index contributed by atoms with van der Waals surface area (Å²) in [6, 6.07) is 7.49. The smallest absolute Gasteiger partial charge is 0.290 e. The molecule has 2 rings (SSSR count). The Morgan fingerprint density at radius 2 is 2.29 bits per heavy atom. The Hall–Kier alpha value is -1.36. The molecule has 1 aliphatic heterocycles. The van der Waals surface area contributed by atoms with E-state index in [1.165, 1.54) is 0 Å². The zero-order chi connectivity index (χ0) is 12.1. The zero-order valence-corrected chi connectivity index (χ0v) is 11.0. The maximum absolute atomic E-state index is 11.9. The van der Waals surface area contributed by atoms with Gasteiger partial charge in [0.2, 0.25) is 0 Å². The molecule has 0 bridgehead atoms. The van der Waals surface area contributed by atoms with Crippen LogP contribution in [-0.2, 0) is 4.79 Å². The molecule has 0 radical (unpaired) electrons. The van der Waals surface area contributed by atoms with Gasteiger partial charge in [0, 0.05) is 23.2 Å². The number of aliphatic imine (C=N–C) groups is 1. The second kappa shape index (κ2) is 5.82. The molecular formula is C12H14BrN3O. The van der Waals surface area contributed by atoms with Crippen LogP contribution in [0.15, 0.2) is 33.7 Å². The zero-order valence-electron chi connectivity index (χ0n) is 9.37. The number of hydrogen-bond acceptors (Lipinski definition) is 3. The van der Waals surface area contributed by atoms with E-state index < -0.39 is 0 Å². The number of rotatable bonds is 2. The van der Waals surface area contributed by atoms with E-state index in [2.05, 4.69) is 31.6 Å². The van der Waals surface area contributed by atoms with Gasteiger partial charge in [0.1, 0.15) is 0 Å². The number of amidine groups is 1. The number of nitrogens with one attached hydrogen (secondary N) is 2. The minimum atomic E-state index is -0.176. The van der Waals surface area contributed by atoms with Crippen molar-refractivity contribution >= 4 is 33.4 Å². The van der Waals surface area contributed by atoms with Crippen molar-refractivity contribution in [3.63, 3.8) is 0 Å². The Morgan fingerprint density at radius 3 is 3.12 bits per heavy atom. The number of benzene rings is 1. The number of carbonyl (C=O) groups is 1. The quantitative estimate of drug-likeness (QED) is 0.879. The second-order valence-corrected chi connectivity index (χ2v) is 4.74. The third-order valence-electron chi connectivity index (χ3n) is 2.44. The van der Waals surface area contributed by atoms with Crippen LogP contribution in [0.2, 0.25) is 0 Å². The summed E-state index contributed by atoms with van der Waals surface area (Å²) in [5.41, 5.74) is 0.762. The summed E-state index contributed by atoms with van der Waals surface area (Å²) >= 11 is 3.36. The molecule has 5 heteroatoms. The van der Waals surface area contributed by atoms with Crippen molar-refractivity contribution in [3.8, 4) is 0 Å². The molecule has 1 heterocycles. The van der Waals surface area contributed by atoms with Gasteiger partial charge in [0.15, 0.2) is 5.84 Å². The fourth-order valence-electron chi connectivity index (χ4n) is 1.60. The molecule has 4 nitrogen and oxygen atoms in total. The molecule has 1 amide bonds. The molecule has 0 saturated carbocycles. The van der Waals surface area contributed by atoms with Gasteiger partial charge in [0.25, 0.3) is 5.91 Å². The van der Waals surface area contributed by atoms with Gasteiger partial charge in [-0.25, -0.2) is 0 Å². The Balaban J connectivity index is 2.03. The van der Waals surface area contributed by atoms with E-state index in [1.54, 1.807) is 0 Å². The first-order valence-corrected chi connectivity index (χ1v) is 6.40. The van der Waals surface area contributed by atoms with Crippen molar-refractivity contribution in [3.05, 3.63) is 28.7 Å². The molecule has 0 spiro atoms. The van der Waals surface area contributed by atoms with Gasteiger partial charge in [-0.15, -0.1) is 0 Å². The fraction of sp³-hybridized carbons (Fsp3) is 0.333. The highest BCUT2D eigenvalue weighted by Crippen LogP contribution is 2.15. The first kappa shape index (κ1) is 12.1. The van der Waals surface area contributed by atoms with Crippen molar-refractivity contribution in [2.45, 2.75) is 12.8 Å². The van der Waals surface area contributed by atoms with Crippen molar-refractivity contribution in [2.75, 3.05) is 18.4 Å². The maximum atomic E-state index is 11.9. The van der Waals surface area contributed by atoms with Crippen LogP contribution in [0.3, 0.4) is 0 Å². The number of hydrogen-bond donors (Lipinski definition) is 2. The van der Waals surface area contributed by atoms with Gasteiger partial charge in [-0.3, -0.25) is 9.79 Å². The van der Waals surface area contributed by atoms with E-state index in [1.807, 2.05) is 24.3 Å². The molecule has 0 fully saturated rings. The number of nitrogens with zero attached hydrogens (tertiary/aromatic N) is 1. The van der Waals surface area contributed by atoms with Crippen LogP contribution in [0.4, 0.5) is 5.69 Å². The lowest BCUT2D eigenvalue weighted by molar-refractivity contribution is -0.110. The van der Waals surface area contributed by atoms with Crippen molar-refractivity contribution in [1.82, 2.24) is 5.32 Å². The highest BCUT2D eigenvalue weighted by Gasteiger charge is 2.12. The Labute approximate surface area is 109 Å². The van der Waals surface area contributed by atoms with Crippen LogP contribution >= 0.6 is 15.9 Å². The molecule has 0 aromatic heterocycles. The largest absolute Gasteiger partial charge is 0.366 e. The Bertz CT molecular complexity index is 445. The topological polar surface area (TPSA) is 53.5 Å². The minimum Gasteiger partial charge on any atom is -0.366 e. The molecule has 2 N–H and O–H groups in total. The highest BCUT2D eigenvalue weighted by molar-refractivity contribution is 9.10. The van der Waals surface area contributed by atoms with Gasteiger partial charge in [-0.2, -0.15) is 0 Å². The predicted molar refractivity (Wildman–Crippen MR) is 72.3 cm³/mol. The van der Waals surface area contributed by atoms with Gasteiger partial charge < -0.3 is 10.6 Å². The lowest BCUT2D eigenvalue weighted by atomic mass is 10.3. The molecular weight excluding hydrogens is 282 g/mol. The van der Waals surface area contributed by atoms with Crippen LogP contribution in [-0.4, -0.2) is 24.8 Å². The van der Waals surface area contributed by atoms with E-state index in [0.717, 1.165) is 29.5 Å². The summed E-state index contributed by atoms with van der Waals surface area (Å²) in [6.45, 7) is 1.53. The minimum absolute atomic E-state index is 0.176. The van der Waals surface area contributed by atoms with Gasteiger partial charge in [-0.05, 0) is 31.0 Å².